The fourth-order valence-electron chi connectivity index (χ4n) is 7.71. The standard InChI is InChI=1S/C32H51F/c1-3-5-7-9-11-24-13-15-27-23-29(17-16-26(27)21-24)31-20-18-28-22-25(12-10-8-6-4-2)14-19-30(28)32(31)33/h18,20,24-27,29H,3-17,19,21-23H2,1-2H3. The van der Waals surface area contributed by atoms with Crippen LogP contribution in [0.3, 0.4) is 0 Å². The second-order valence-electron chi connectivity index (χ2n) is 12.1. The zero-order valence-corrected chi connectivity index (χ0v) is 21.9. The lowest BCUT2D eigenvalue weighted by Gasteiger charge is -2.42. The number of halogens is 1. The summed E-state index contributed by atoms with van der Waals surface area (Å²) in [5.74, 6) is 4.23. The van der Waals surface area contributed by atoms with E-state index < -0.39 is 0 Å². The van der Waals surface area contributed by atoms with Gasteiger partial charge in [-0.15, -0.1) is 0 Å². The Morgan fingerprint density at radius 2 is 1.42 bits per heavy atom. The van der Waals surface area contributed by atoms with E-state index in [1.165, 1.54) is 115 Å². The Morgan fingerprint density at radius 1 is 0.727 bits per heavy atom. The molecule has 186 valence electrons. The van der Waals surface area contributed by atoms with E-state index >= 15 is 4.39 Å². The van der Waals surface area contributed by atoms with Crippen molar-refractivity contribution in [1.29, 1.82) is 0 Å². The van der Waals surface area contributed by atoms with E-state index in [2.05, 4.69) is 26.0 Å². The summed E-state index contributed by atoms with van der Waals surface area (Å²) in [6, 6.07) is 4.53. The van der Waals surface area contributed by atoms with Crippen molar-refractivity contribution in [2.45, 2.75) is 142 Å². The Hall–Kier alpha value is -0.850. The molecule has 0 aliphatic heterocycles. The minimum absolute atomic E-state index is 0.199. The fraction of sp³-hybridized carbons (Fsp3) is 0.812. The third-order valence-electron chi connectivity index (χ3n) is 9.77. The summed E-state index contributed by atoms with van der Waals surface area (Å²) >= 11 is 0. The molecule has 1 aromatic rings. The average molecular weight is 455 g/mol. The highest BCUT2D eigenvalue weighted by Gasteiger charge is 2.37. The first-order chi connectivity index (χ1) is 16.2. The summed E-state index contributed by atoms with van der Waals surface area (Å²) in [5, 5.41) is 0. The maximum absolute atomic E-state index is 15.7. The van der Waals surface area contributed by atoms with Gasteiger partial charge in [0.15, 0.2) is 0 Å². The average Bonchev–Trinajstić information content (AvgIpc) is 2.84. The molecule has 0 saturated heterocycles. The van der Waals surface area contributed by atoms with Crippen LogP contribution >= 0.6 is 0 Å². The minimum atomic E-state index is 0.199. The number of hydrogen-bond donors (Lipinski definition) is 0. The van der Waals surface area contributed by atoms with Gasteiger partial charge in [-0.1, -0.05) is 96.6 Å². The van der Waals surface area contributed by atoms with E-state index in [0.717, 1.165) is 47.6 Å². The topological polar surface area (TPSA) is 0 Å². The Kier molecular flexibility index (Phi) is 9.75. The number of rotatable bonds is 11. The van der Waals surface area contributed by atoms with E-state index in [0.29, 0.717) is 5.92 Å². The van der Waals surface area contributed by atoms with Crippen molar-refractivity contribution in [2.75, 3.05) is 0 Å². The molecule has 0 nitrogen and oxygen atoms in total. The first kappa shape index (κ1) is 25.2. The lowest BCUT2D eigenvalue weighted by molar-refractivity contribution is 0.112. The number of unbranched alkanes of at least 4 members (excludes halogenated alkanes) is 6. The second kappa shape index (κ2) is 12.7. The SMILES string of the molecule is CCCCCCC1CCc2c(ccc(C3CCC4CC(CCCCCC)CCC4C3)c2F)C1. The van der Waals surface area contributed by atoms with Crippen LogP contribution in [0.25, 0.3) is 0 Å². The summed E-state index contributed by atoms with van der Waals surface area (Å²) in [6.45, 7) is 4.59. The summed E-state index contributed by atoms with van der Waals surface area (Å²) in [4.78, 5) is 0. The molecule has 3 aliphatic carbocycles. The zero-order valence-electron chi connectivity index (χ0n) is 21.9. The molecule has 5 atom stereocenters. The van der Waals surface area contributed by atoms with Crippen LogP contribution in [0.2, 0.25) is 0 Å². The van der Waals surface area contributed by atoms with Crippen molar-refractivity contribution in [2.24, 2.45) is 23.7 Å². The second-order valence-corrected chi connectivity index (χ2v) is 12.1. The molecule has 2 fully saturated rings. The summed E-state index contributed by atoms with van der Waals surface area (Å²) < 4.78 is 15.7. The van der Waals surface area contributed by atoms with E-state index in [9.17, 15) is 0 Å². The Bertz CT molecular complexity index is 721. The molecule has 3 aliphatic rings. The molecule has 0 heterocycles. The van der Waals surface area contributed by atoms with E-state index in [1.54, 1.807) is 0 Å². The lowest BCUT2D eigenvalue weighted by atomic mass is 9.63. The minimum Gasteiger partial charge on any atom is -0.206 e. The molecular formula is C32H51F. The lowest BCUT2D eigenvalue weighted by Crippen LogP contribution is -2.31. The highest BCUT2D eigenvalue weighted by molar-refractivity contribution is 5.38. The van der Waals surface area contributed by atoms with Gasteiger partial charge in [0.25, 0.3) is 0 Å². The molecule has 0 spiro atoms. The Balaban J connectivity index is 1.29. The third kappa shape index (κ3) is 6.64. The van der Waals surface area contributed by atoms with Crippen molar-refractivity contribution in [3.8, 4) is 0 Å². The van der Waals surface area contributed by atoms with Gasteiger partial charge in [-0.05, 0) is 97.6 Å². The molecule has 2 saturated carbocycles. The molecule has 1 heteroatoms. The van der Waals surface area contributed by atoms with Gasteiger partial charge >= 0.3 is 0 Å². The van der Waals surface area contributed by atoms with Gasteiger partial charge in [0.1, 0.15) is 5.82 Å². The van der Waals surface area contributed by atoms with Gasteiger partial charge in [0, 0.05) is 0 Å². The Morgan fingerprint density at radius 3 is 2.18 bits per heavy atom. The van der Waals surface area contributed by atoms with Gasteiger partial charge in [-0.25, -0.2) is 4.39 Å². The van der Waals surface area contributed by atoms with Crippen LogP contribution in [0.4, 0.5) is 4.39 Å². The summed E-state index contributed by atoms with van der Waals surface area (Å²) in [5.41, 5.74) is 3.51. The van der Waals surface area contributed by atoms with E-state index in [1.807, 2.05) is 0 Å². The van der Waals surface area contributed by atoms with E-state index in [4.69, 9.17) is 0 Å². The van der Waals surface area contributed by atoms with Crippen LogP contribution in [0.1, 0.15) is 146 Å². The predicted molar refractivity (Wildman–Crippen MR) is 140 cm³/mol. The fourth-order valence-corrected chi connectivity index (χ4v) is 7.71. The van der Waals surface area contributed by atoms with Crippen LogP contribution in [0.15, 0.2) is 12.1 Å². The largest absolute Gasteiger partial charge is 0.206 e. The summed E-state index contributed by atoms with van der Waals surface area (Å²) in [6.07, 6.45) is 25.3. The molecule has 0 radical (unpaired) electrons. The van der Waals surface area contributed by atoms with Gasteiger partial charge in [-0.3, -0.25) is 0 Å². The van der Waals surface area contributed by atoms with Gasteiger partial charge in [0.05, 0.1) is 0 Å². The first-order valence-electron chi connectivity index (χ1n) is 15.0. The normalized spacial score (nSPS) is 29.5. The molecule has 0 amide bonds. The van der Waals surface area contributed by atoms with Crippen LogP contribution < -0.4 is 0 Å². The smallest absolute Gasteiger partial charge is 0.130 e. The van der Waals surface area contributed by atoms with Crippen LogP contribution in [-0.4, -0.2) is 0 Å². The molecule has 4 rings (SSSR count). The van der Waals surface area contributed by atoms with Crippen molar-refractivity contribution < 1.29 is 4.39 Å². The quantitative estimate of drug-likeness (QED) is 0.292. The highest BCUT2D eigenvalue weighted by Crippen LogP contribution is 2.49. The monoisotopic (exact) mass is 454 g/mol. The number of benzene rings is 1. The van der Waals surface area contributed by atoms with Crippen molar-refractivity contribution >= 4 is 0 Å². The van der Waals surface area contributed by atoms with Gasteiger partial charge < -0.3 is 0 Å². The maximum atomic E-state index is 15.7. The molecule has 0 N–H and O–H groups in total. The van der Waals surface area contributed by atoms with Crippen molar-refractivity contribution in [3.05, 3.63) is 34.6 Å². The maximum Gasteiger partial charge on any atom is 0.130 e. The highest BCUT2D eigenvalue weighted by atomic mass is 19.1. The molecule has 33 heavy (non-hydrogen) atoms. The van der Waals surface area contributed by atoms with Crippen LogP contribution in [-0.2, 0) is 12.8 Å². The van der Waals surface area contributed by atoms with Crippen LogP contribution in [0.5, 0.6) is 0 Å². The van der Waals surface area contributed by atoms with Crippen LogP contribution in [0, 0.1) is 29.5 Å². The van der Waals surface area contributed by atoms with Gasteiger partial charge in [-0.2, -0.15) is 0 Å². The van der Waals surface area contributed by atoms with E-state index in [-0.39, 0.29) is 5.82 Å². The van der Waals surface area contributed by atoms with Gasteiger partial charge in [0.2, 0.25) is 0 Å². The molecule has 1 aromatic carbocycles. The Labute approximate surface area is 204 Å². The molecule has 5 unspecified atom stereocenters. The predicted octanol–water partition coefficient (Wildman–Crippen LogP) is 10.2. The molecule has 0 bridgehead atoms. The zero-order chi connectivity index (χ0) is 23.0. The third-order valence-corrected chi connectivity index (χ3v) is 9.77. The summed E-state index contributed by atoms with van der Waals surface area (Å²) in [7, 11) is 0. The van der Waals surface area contributed by atoms with Crippen molar-refractivity contribution in [1.82, 2.24) is 0 Å². The number of fused-ring (bicyclic) bond motifs is 2. The van der Waals surface area contributed by atoms with Crippen molar-refractivity contribution in [3.63, 3.8) is 0 Å². The molecular weight excluding hydrogens is 403 g/mol. The number of hydrogen-bond acceptors (Lipinski definition) is 0. The molecule has 0 aromatic heterocycles. The first-order valence-corrected chi connectivity index (χ1v) is 15.0.